The van der Waals surface area contributed by atoms with E-state index in [1.54, 1.807) is 26.0 Å². The van der Waals surface area contributed by atoms with Gasteiger partial charge in [0.05, 0.1) is 14.2 Å². The van der Waals surface area contributed by atoms with Crippen molar-refractivity contribution in [2.75, 3.05) is 14.2 Å². The van der Waals surface area contributed by atoms with Crippen LogP contribution in [0.4, 0.5) is 0 Å². The van der Waals surface area contributed by atoms with E-state index in [9.17, 15) is 0 Å². The molecule has 0 spiro atoms. The maximum atomic E-state index is 5.42. The Hall–Kier alpha value is -1.61. The molecule has 0 fully saturated rings. The summed E-state index contributed by atoms with van der Waals surface area (Å²) in [6.07, 6.45) is 0. The smallest absolute Gasteiger partial charge is 0.132 e. The normalized spacial score (nSPS) is 11.9. The fraction of sp³-hybridized carbons (Fsp3) is 0.250. The first-order valence-corrected chi connectivity index (χ1v) is 7.06. The van der Waals surface area contributed by atoms with Gasteiger partial charge < -0.3 is 9.47 Å². The van der Waals surface area contributed by atoms with Gasteiger partial charge in [0.15, 0.2) is 0 Å². The molecule has 2 aromatic carbocycles. The van der Waals surface area contributed by atoms with Crippen molar-refractivity contribution >= 4 is 11.8 Å². The molecule has 0 saturated carbocycles. The molecule has 0 unspecified atom stereocenters. The Bertz CT molecular complexity index is 540. The predicted molar refractivity (Wildman–Crippen MR) is 80.3 cm³/mol. The van der Waals surface area contributed by atoms with Crippen LogP contribution in [0.5, 0.6) is 11.5 Å². The topological polar surface area (TPSA) is 18.5 Å². The van der Waals surface area contributed by atoms with Gasteiger partial charge in [0, 0.05) is 15.7 Å². The highest BCUT2D eigenvalue weighted by molar-refractivity contribution is 7.99. The molecule has 1 atom stereocenters. The second-order valence-corrected chi connectivity index (χ2v) is 5.54. The molecule has 0 N–H and O–H groups in total. The Labute approximate surface area is 118 Å². The number of hydrogen-bond donors (Lipinski definition) is 0. The number of methoxy groups -OCH3 is 2. The first-order valence-electron chi connectivity index (χ1n) is 6.19. The van der Waals surface area contributed by atoms with Crippen LogP contribution >= 0.6 is 11.8 Å². The number of hydrogen-bond acceptors (Lipinski definition) is 3. The van der Waals surface area contributed by atoms with Crippen molar-refractivity contribution in [2.24, 2.45) is 0 Å². The second-order valence-electron chi connectivity index (χ2n) is 4.15. The van der Waals surface area contributed by atoms with Gasteiger partial charge >= 0.3 is 0 Å². The molecule has 0 aliphatic rings. The summed E-state index contributed by atoms with van der Waals surface area (Å²) in [5.41, 5.74) is 1.20. The molecule has 3 heteroatoms. The SMILES string of the molecule is COc1ccccc1S[C@H](C)c1ccccc1OC. The molecule has 0 saturated heterocycles. The van der Waals surface area contributed by atoms with Gasteiger partial charge in [0.1, 0.15) is 11.5 Å². The third kappa shape index (κ3) is 3.24. The van der Waals surface area contributed by atoms with E-state index in [0.717, 1.165) is 16.4 Å². The highest BCUT2D eigenvalue weighted by Crippen LogP contribution is 2.42. The minimum Gasteiger partial charge on any atom is -0.496 e. The van der Waals surface area contributed by atoms with Crippen LogP contribution in [0.25, 0.3) is 0 Å². The molecule has 100 valence electrons. The third-order valence-electron chi connectivity index (χ3n) is 2.95. The van der Waals surface area contributed by atoms with E-state index in [1.165, 1.54) is 5.56 Å². The molecule has 2 nitrogen and oxygen atoms in total. The van der Waals surface area contributed by atoms with Crippen molar-refractivity contribution in [3.8, 4) is 11.5 Å². The predicted octanol–water partition coefficient (Wildman–Crippen LogP) is 4.56. The molecule has 2 aromatic rings. The van der Waals surface area contributed by atoms with E-state index < -0.39 is 0 Å². The number of benzene rings is 2. The quantitative estimate of drug-likeness (QED) is 0.745. The lowest BCUT2D eigenvalue weighted by molar-refractivity contribution is 0.404. The Morgan fingerprint density at radius 1 is 0.842 bits per heavy atom. The van der Waals surface area contributed by atoms with Gasteiger partial charge in [-0.05, 0) is 25.1 Å². The standard InChI is InChI=1S/C16H18O2S/c1-12(13-8-4-5-9-14(13)17-2)19-16-11-7-6-10-15(16)18-3/h4-12H,1-3H3/t12-/m1/s1. The van der Waals surface area contributed by atoms with Crippen molar-refractivity contribution in [1.82, 2.24) is 0 Å². The maximum Gasteiger partial charge on any atom is 0.132 e. The van der Waals surface area contributed by atoms with E-state index in [-0.39, 0.29) is 0 Å². The van der Waals surface area contributed by atoms with Crippen molar-refractivity contribution < 1.29 is 9.47 Å². The molecular weight excluding hydrogens is 256 g/mol. The summed E-state index contributed by atoms with van der Waals surface area (Å²) < 4.78 is 10.8. The number of ether oxygens (including phenoxy) is 2. The van der Waals surface area contributed by atoms with E-state index in [1.807, 2.05) is 36.4 Å². The zero-order valence-corrected chi connectivity index (χ0v) is 12.2. The summed E-state index contributed by atoms with van der Waals surface area (Å²) in [6.45, 7) is 2.18. The third-order valence-corrected chi connectivity index (χ3v) is 4.15. The molecule has 0 bridgehead atoms. The molecule has 19 heavy (non-hydrogen) atoms. The summed E-state index contributed by atoms with van der Waals surface area (Å²) >= 11 is 1.77. The summed E-state index contributed by atoms with van der Waals surface area (Å²) in [4.78, 5) is 1.14. The van der Waals surface area contributed by atoms with E-state index in [4.69, 9.17) is 9.47 Å². The van der Waals surface area contributed by atoms with Crippen LogP contribution in [0.3, 0.4) is 0 Å². The van der Waals surface area contributed by atoms with Crippen LogP contribution in [0, 0.1) is 0 Å². The lowest BCUT2D eigenvalue weighted by atomic mass is 10.1. The lowest BCUT2D eigenvalue weighted by Gasteiger charge is -2.16. The first kappa shape index (κ1) is 13.8. The minimum atomic E-state index is 0.299. The zero-order chi connectivity index (χ0) is 13.7. The molecule has 0 heterocycles. The molecule has 0 amide bonds. The van der Waals surface area contributed by atoms with Crippen LogP contribution in [0.1, 0.15) is 17.7 Å². The second kappa shape index (κ2) is 6.53. The first-order chi connectivity index (χ1) is 9.26. The summed E-state index contributed by atoms with van der Waals surface area (Å²) in [5, 5.41) is 0.299. The highest BCUT2D eigenvalue weighted by Gasteiger charge is 2.14. The Kier molecular flexibility index (Phi) is 4.74. The van der Waals surface area contributed by atoms with Crippen LogP contribution in [0.2, 0.25) is 0 Å². The Morgan fingerprint density at radius 3 is 2.11 bits per heavy atom. The van der Waals surface area contributed by atoms with Crippen molar-refractivity contribution in [2.45, 2.75) is 17.1 Å². The summed E-state index contributed by atoms with van der Waals surface area (Å²) in [5.74, 6) is 1.84. The van der Waals surface area contributed by atoms with Gasteiger partial charge in [-0.15, -0.1) is 11.8 Å². The van der Waals surface area contributed by atoms with Gasteiger partial charge in [-0.3, -0.25) is 0 Å². The van der Waals surface area contributed by atoms with E-state index in [0.29, 0.717) is 5.25 Å². The number of para-hydroxylation sites is 2. The molecule has 0 aromatic heterocycles. The molecule has 2 rings (SSSR count). The molecular formula is C16H18O2S. The summed E-state index contributed by atoms with van der Waals surface area (Å²) in [6, 6.07) is 16.2. The van der Waals surface area contributed by atoms with Crippen LogP contribution in [-0.2, 0) is 0 Å². The maximum absolute atomic E-state index is 5.42. The monoisotopic (exact) mass is 274 g/mol. The van der Waals surface area contributed by atoms with Crippen LogP contribution < -0.4 is 9.47 Å². The van der Waals surface area contributed by atoms with Gasteiger partial charge in [-0.1, -0.05) is 30.3 Å². The van der Waals surface area contributed by atoms with Crippen molar-refractivity contribution in [1.29, 1.82) is 0 Å². The van der Waals surface area contributed by atoms with Crippen molar-refractivity contribution in [3.05, 3.63) is 54.1 Å². The summed E-state index contributed by atoms with van der Waals surface area (Å²) in [7, 11) is 3.41. The zero-order valence-electron chi connectivity index (χ0n) is 11.4. The lowest BCUT2D eigenvalue weighted by Crippen LogP contribution is -1.95. The largest absolute Gasteiger partial charge is 0.496 e. The minimum absolute atomic E-state index is 0.299. The fourth-order valence-electron chi connectivity index (χ4n) is 1.97. The average Bonchev–Trinajstić information content (AvgIpc) is 2.47. The Morgan fingerprint density at radius 2 is 1.42 bits per heavy atom. The van der Waals surface area contributed by atoms with Gasteiger partial charge in [-0.25, -0.2) is 0 Å². The molecule has 0 aliphatic carbocycles. The Balaban J connectivity index is 2.23. The van der Waals surface area contributed by atoms with Crippen LogP contribution in [0.15, 0.2) is 53.4 Å². The van der Waals surface area contributed by atoms with Gasteiger partial charge in [0.2, 0.25) is 0 Å². The van der Waals surface area contributed by atoms with Gasteiger partial charge in [0.25, 0.3) is 0 Å². The van der Waals surface area contributed by atoms with Gasteiger partial charge in [-0.2, -0.15) is 0 Å². The number of thioether (sulfide) groups is 1. The fourth-order valence-corrected chi connectivity index (χ4v) is 3.10. The van der Waals surface area contributed by atoms with E-state index >= 15 is 0 Å². The van der Waals surface area contributed by atoms with E-state index in [2.05, 4.69) is 19.1 Å². The van der Waals surface area contributed by atoms with Crippen molar-refractivity contribution in [3.63, 3.8) is 0 Å². The molecule has 0 radical (unpaired) electrons. The molecule has 0 aliphatic heterocycles. The number of rotatable bonds is 5. The van der Waals surface area contributed by atoms with Crippen LogP contribution in [-0.4, -0.2) is 14.2 Å². The highest BCUT2D eigenvalue weighted by atomic mass is 32.2. The average molecular weight is 274 g/mol.